The van der Waals surface area contributed by atoms with Crippen LogP contribution in [0.5, 0.6) is 0 Å². The van der Waals surface area contributed by atoms with Gasteiger partial charge < -0.3 is 11.1 Å². The normalized spacial score (nSPS) is 37.0. The standard InChI is InChI=1S/C18H34N2O/c1-11-13(19)9-8-12(16(11,2)3)15(21)20-10-14-17(4,5)18(14,6)7/h11-14H,8-10,19H2,1-7H3,(H,20,21). The number of nitrogens with one attached hydrogen (secondary N) is 1. The van der Waals surface area contributed by atoms with Gasteiger partial charge in [-0.1, -0.05) is 48.5 Å². The van der Waals surface area contributed by atoms with Crippen LogP contribution in [0.3, 0.4) is 0 Å². The Balaban J connectivity index is 1.96. The maximum atomic E-state index is 12.7. The number of hydrogen-bond donors (Lipinski definition) is 2. The molecule has 0 aromatic heterocycles. The molecule has 3 unspecified atom stereocenters. The molecule has 3 nitrogen and oxygen atoms in total. The molecular formula is C18H34N2O. The van der Waals surface area contributed by atoms with Crippen molar-refractivity contribution in [1.82, 2.24) is 5.32 Å². The molecule has 0 bridgehead atoms. The van der Waals surface area contributed by atoms with E-state index in [9.17, 15) is 4.79 Å². The molecule has 2 saturated carbocycles. The molecule has 3 heteroatoms. The molecule has 0 radical (unpaired) electrons. The number of hydrogen-bond acceptors (Lipinski definition) is 2. The first kappa shape index (κ1) is 16.8. The zero-order valence-electron chi connectivity index (χ0n) is 14.9. The topological polar surface area (TPSA) is 55.1 Å². The molecule has 0 spiro atoms. The van der Waals surface area contributed by atoms with Gasteiger partial charge >= 0.3 is 0 Å². The summed E-state index contributed by atoms with van der Waals surface area (Å²) >= 11 is 0. The smallest absolute Gasteiger partial charge is 0.223 e. The van der Waals surface area contributed by atoms with E-state index in [1.165, 1.54) is 0 Å². The zero-order chi connectivity index (χ0) is 16.2. The molecular weight excluding hydrogens is 260 g/mol. The van der Waals surface area contributed by atoms with Crippen LogP contribution in [0.25, 0.3) is 0 Å². The van der Waals surface area contributed by atoms with Gasteiger partial charge in [-0.15, -0.1) is 0 Å². The van der Waals surface area contributed by atoms with Crippen LogP contribution < -0.4 is 11.1 Å². The molecule has 3 N–H and O–H groups in total. The molecule has 122 valence electrons. The van der Waals surface area contributed by atoms with Crippen molar-refractivity contribution in [2.24, 2.45) is 39.7 Å². The van der Waals surface area contributed by atoms with Gasteiger partial charge in [0.25, 0.3) is 0 Å². The molecule has 1 amide bonds. The second-order valence-corrected chi connectivity index (χ2v) is 9.14. The number of carbonyl (C=O) groups excluding carboxylic acids is 1. The van der Waals surface area contributed by atoms with Gasteiger partial charge in [0.2, 0.25) is 5.91 Å². The second kappa shape index (κ2) is 4.97. The van der Waals surface area contributed by atoms with E-state index < -0.39 is 0 Å². The summed E-state index contributed by atoms with van der Waals surface area (Å²) < 4.78 is 0. The van der Waals surface area contributed by atoms with E-state index in [2.05, 4.69) is 53.8 Å². The predicted octanol–water partition coefficient (Wildman–Crippen LogP) is 3.18. The molecule has 2 aliphatic rings. The van der Waals surface area contributed by atoms with Crippen LogP contribution in [0, 0.1) is 34.0 Å². The van der Waals surface area contributed by atoms with Gasteiger partial charge in [0.05, 0.1) is 0 Å². The third-order valence-corrected chi connectivity index (χ3v) is 7.62. The van der Waals surface area contributed by atoms with Gasteiger partial charge in [0.15, 0.2) is 0 Å². The van der Waals surface area contributed by atoms with Crippen LogP contribution in [-0.2, 0) is 4.79 Å². The summed E-state index contributed by atoms with van der Waals surface area (Å²) in [7, 11) is 0. The molecule has 0 saturated heterocycles. The van der Waals surface area contributed by atoms with E-state index in [1.807, 2.05) is 0 Å². The Morgan fingerprint density at radius 2 is 1.62 bits per heavy atom. The van der Waals surface area contributed by atoms with Crippen LogP contribution in [0.2, 0.25) is 0 Å². The molecule has 0 aliphatic heterocycles. The number of amides is 1. The van der Waals surface area contributed by atoms with Gasteiger partial charge in [0, 0.05) is 18.5 Å². The van der Waals surface area contributed by atoms with Gasteiger partial charge in [-0.3, -0.25) is 4.79 Å². The highest BCUT2D eigenvalue weighted by Crippen LogP contribution is 2.67. The third-order valence-electron chi connectivity index (χ3n) is 7.62. The second-order valence-electron chi connectivity index (χ2n) is 9.14. The summed E-state index contributed by atoms with van der Waals surface area (Å²) in [5.74, 6) is 1.30. The van der Waals surface area contributed by atoms with Gasteiger partial charge in [-0.25, -0.2) is 0 Å². The summed E-state index contributed by atoms with van der Waals surface area (Å²) in [6.45, 7) is 16.6. The molecule has 3 atom stereocenters. The summed E-state index contributed by atoms with van der Waals surface area (Å²) in [6, 6.07) is 0.227. The minimum absolute atomic E-state index is 0.0175. The van der Waals surface area contributed by atoms with Gasteiger partial charge in [0.1, 0.15) is 0 Å². The maximum absolute atomic E-state index is 12.7. The van der Waals surface area contributed by atoms with Crippen molar-refractivity contribution in [3.8, 4) is 0 Å². The Labute approximate surface area is 130 Å². The molecule has 0 aromatic rings. The number of rotatable bonds is 3. The fraction of sp³-hybridized carbons (Fsp3) is 0.944. The predicted molar refractivity (Wildman–Crippen MR) is 87.7 cm³/mol. The lowest BCUT2D eigenvalue weighted by molar-refractivity contribution is -0.132. The zero-order valence-corrected chi connectivity index (χ0v) is 14.9. The van der Waals surface area contributed by atoms with Crippen molar-refractivity contribution in [2.45, 2.75) is 67.3 Å². The average molecular weight is 294 g/mol. The third kappa shape index (κ3) is 2.52. The lowest BCUT2D eigenvalue weighted by atomic mass is 9.61. The highest BCUT2D eigenvalue weighted by atomic mass is 16.1. The summed E-state index contributed by atoms with van der Waals surface area (Å²) in [4.78, 5) is 12.7. The Bertz CT molecular complexity index is 411. The van der Waals surface area contributed by atoms with E-state index in [1.54, 1.807) is 0 Å². The molecule has 0 heterocycles. The molecule has 21 heavy (non-hydrogen) atoms. The first-order chi connectivity index (χ1) is 9.44. The van der Waals surface area contributed by atoms with E-state index in [0.29, 0.717) is 22.7 Å². The minimum Gasteiger partial charge on any atom is -0.356 e. The van der Waals surface area contributed by atoms with Crippen molar-refractivity contribution in [1.29, 1.82) is 0 Å². The van der Waals surface area contributed by atoms with Crippen LogP contribution in [-0.4, -0.2) is 18.5 Å². The number of nitrogens with two attached hydrogens (primary N) is 1. The van der Waals surface area contributed by atoms with Crippen molar-refractivity contribution in [3.63, 3.8) is 0 Å². The maximum Gasteiger partial charge on any atom is 0.223 e. The Morgan fingerprint density at radius 3 is 2.10 bits per heavy atom. The fourth-order valence-electron chi connectivity index (χ4n) is 4.49. The highest BCUT2D eigenvalue weighted by Gasteiger charge is 2.64. The minimum atomic E-state index is -0.0175. The van der Waals surface area contributed by atoms with Crippen LogP contribution in [0.1, 0.15) is 61.3 Å². The highest BCUT2D eigenvalue weighted by molar-refractivity contribution is 5.79. The van der Waals surface area contributed by atoms with Crippen molar-refractivity contribution in [2.75, 3.05) is 6.54 Å². The number of carbonyl (C=O) groups is 1. The van der Waals surface area contributed by atoms with Crippen molar-refractivity contribution in [3.05, 3.63) is 0 Å². The van der Waals surface area contributed by atoms with E-state index in [4.69, 9.17) is 5.73 Å². The first-order valence-electron chi connectivity index (χ1n) is 8.47. The van der Waals surface area contributed by atoms with Crippen molar-refractivity contribution < 1.29 is 4.79 Å². The van der Waals surface area contributed by atoms with Crippen LogP contribution >= 0.6 is 0 Å². The Kier molecular flexibility index (Phi) is 3.98. The summed E-state index contributed by atoms with van der Waals surface area (Å²) in [5, 5.41) is 3.24. The van der Waals surface area contributed by atoms with E-state index in [0.717, 1.165) is 19.4 Å². The van der Waals surface area contributed by atoms with Crippen LogP contribution in [0.15, 0.2) is 0 Å². The van der Waals surface area contributed by atoms with Crippen LogP contribution in [0.4, 0.5) is 0 Å². The van der Waals surface area contributed by atoms with Crippen molar-refractivity contribution >= 4 is 5.91 Å². The molecule has 2 rings (SSSR count). The lowest BCUT2D eigenvalue weighted by Crippen LogP contribution is -2.51. The Morgan fingerprint density at radius 1 is 1.10 bits per heavy atom. The lowest BCUT2D eigenvalue weighted by Gasteiger charge is -2.46. The first-order valence-corrected chi connectivity index (χ1v) is 8.47. The fourth-order valence-corrected chi connectivity index (χ4v) is 4.49. The monoisotopic (exact) mass is 294 g/mol. The quantitative estimate of drug-likeness (QED) is 0.840. The molecule has 2 aliphatic carbocycles. The van der Waals surface area contributed by atoms with Gasteiger partial charge in [-0.2, -0.15) is 0 Å². The SMILES string of the molecule is CC1C(N)CCC(C(=O)NCC2C(C)(C)C2(C)C)C1(C)C. The van der Waals surface area contributed by atoms with E-state index in [-0.39, 0.29) is 23.3 Å². The average Bonchev–Trinajstić information content (AvgIpc) is 2.74. The Hall–Kier alpha value is -0.570. The largest absolute Gasteiger partial charge is 0.356 e. The molecule has 2 fully saturated rings. The molecule has 0 aromatic carbocycles. The van der Waals surface area contributed by atoms with E-state index >= 15 is 0 Å². The summed E-state index contributed by atoms with van der Waals surface area (Å²) in [5.41, 5.74) is 6.83. The van der Waals surface area contributed by atoms with Gasteiger partial charge in [-0.05, 0) is 40.9 Å². The summed E-state index contributed by atoms with van der Waals surface area (Å²) in [6.07, 6.45) is 1.88.